The predicted octanol–water partition coefficient (Wildman–Crippen LogP) is 3.08. The van der Waals surface area contributed by atoms with Gasteiger partial charge in [-0.25, -0.2) is 0 Å². The van der Waals surface area contributed by atoms with E-state index < -0.39 is 0 Å². The fraction of sp³-hybridized carbons (Fsp3) is 1.00. The van der Waals surface area contributed by atoms with Crippen molar-refractivity contribution in [3.63, 3.8) is 0 Å². The van der Waals surface area contributed by atoms with Crippen molar-refractivity contribution in [3.05, 3.63) is 0 Å². The maximum absolute atomic E-state index is 1.64. The van der Waals surface area contributed by atoms with E-state index >= 15 is 0 Å². The van der Waals surface area contributed by atoms with Crippen LogP contribution in [-0.4, -0.2) is 0 Å². The molecule has 12 heavy (non-hydrogen) atoms. The van der Waals surface area contributed by atoms with Crippen LogP contribution in [0.4, 0.5) is 0 Å². The van der Waals surface area contributed by atoms with Crippen molar-refractivity contribution in [2.45, 2.75) is 38.5 Å². The molecule has 0 heterocycles. The third-order valence-corrected chi connectivity index (χ3v) is 4.79. The predicted molar refractivity (Wildman–Crippen MR) is 48.6 cm³/mol. The summed E-state index contributed by atoms with van der Waals surface area (Å²) in [6, 6.07) is 0. The van der Waals surface area contributed by atoms with Crippen LogP contribution in [0, 0.1) is 35.5 Å². The molecule has 0 saturated heterocycles. The Morgan fingerprint density at radius 1 is 0.500 bits per heavy atom. The van der Waals surface area contributed by atoms with Gasteiger partial charge in [0.2, 0.25) is 0 Å². The summed E-state index contributed by atoms with van der Waals surface area (Å²) >= 11 is 0. The Labute approximate surface area is 74.7 Å². The van der Waals surface area contributed by atoms with Gasteiger partial charge in [0, 0.05) is 0 Å². The Kier molecular flexibility index (Phi) is 1.03. The van der Waals surface area contributed by atoms with Crippen molar-refractivity contribution in [3.8, 4) is 0 Å². The molecule has 0 N–H and O–H groups in total. The van der Waals surface area contributed by atoms with Crippen LogP contribution < -0.4 is 0 Å². The first-order valence-electron chi connectivity index (χ1n) is 5.93. The Bertz CT molecular complexity index is 188. The second-order valence-electron chi connectivity index (χ2n) is 5.80. The van der Waals surface area contributed by atoms with Gasteiger partial charge in [-0.2, -0.15) is 0 Å². The standard InChI is InChI=1S/C12H18/c1-2-7(1)9-5-11(9)12-6-10(12)8-3-4-8/h7-12H,1-6H2/t9-,10+,11+,12-. The van der Waals surface area contributed by atoms with Gasteiger partial charge in [-0.05, 0) is 74.0 Å². The molecule has 0 spiro atoms. The number of rotatable bonds is 3. The Balaban J connectivity index is 1.37. The van der Waals surface area contributed by atoms with E-state index in [-0.39, 0.29) is 0 Å². The summed E-state index contributed by atoms with van der Waals surface area (Å²) in [5.74, 6) is 7.38. The zero-order chi connectivity index (χ0) is 7.71. The molecule has 4 atom stereocenters. The summed E-state index contributed by atoms with van der Waals surface area (Å²) in [5.41, 5.74) is 0. The molecular formula is C12H18. The topological polar surface area (TPSA) is 0 Å². The Morgan fingerprint density at radius 3 is 1.25 bits per heavy atom. The van der Waals surface area contributed by atoms with Crippen LogP contribution in [-0.2, 0) is 0 Å². The summed E-state index contributed by atoms with van der Waals surface area (Å²) in [7, 11) is 0. The second-order valence-corrected chi connectivity index (χ2v) is 5.80. The summed E-state index contributed by atoms with van der Waals surface area (Å²) in [6.45, 7) is 0. The fourth-order valence-corrected chi connectivity index (χ4v) is 3.59. The highest BCUT2D eigenvalue weighted by atomic mass is 14.6. The normalized spacial score (nSPS) is 57.0. The van der Waals surface area contributed by atoms with Crippen LogP contribution in [0.25, 0.3) is 0 Å². The van der Waals surface area contributed by atoms with E-state index in [0.29, 0.717) is 0 Å². The van der Waals surface area contributed by atoms with Gasteiger partial charge >= 0.3 is 0 Å². The highest BCUT2D eigenvalue weighted by Gasteiger charge is 2.59. The minimum Gasteiger partial charge on any atom is -0.0499 e. The Morgan fingerprint density at radius 2 is 0.917 bits per heavy atom. The quantitative estimate of drug-likeness (QED) is 0.598. The fourth-order valence-electron chi connectivity index (χ4n) is 3.59. The zero-order valence-electron chi connectivity index (χ0n) is 7.71. The molecule has 4 aliphatic carbocycles. The Hall–Kier alpha value is 0. The first kappa shape index (κ1) is 6.45. The molecular weight excluding hydrogens is 144 g/mol. The molecule has 0 aromatic rings. The van der Waals surface area contributed by atoms with Gasteiger partial charge in [0.05, 0.1) is 0 Å². The average Bonchev–Trinajstić information content (AvgIpc) is 2.81. The van der Waals surface area contributed by atoms with Gasteiger partial charge in [0.1, 0.15) is 0 Å². The van der Waals surface area contributed by atoms with E-state index in [1.165, 1.54) is 35.5 Å². The lowest BCUT2D eigenvalue weighted by molar-refractivity contribution is 0.522. The van der Waals surface area contributed by atoms with E-state index in [2.05, 4.69) is 0 Å². The van der Waals surface area contributed by atoms with Crippen LogP contribution in [0.2, 0.25) is 0 Å². The smallest absolute Gasteiger partial charge is 0.0349 e. The minimum absolute atomic E-state index is 1.22. The molecule has 0 aliphatic heterocycles. The highest BCUT2D eigenvalue weighted by Crippen LogP contribution is 2.68. The lowest BCUT2D eigenvalue weighted by Gasteiger charge is -1.95. The molecule has 0 unspecified atom stereocenters. The zero-order valence-corrected chi connectivity index (χ0v) is 7.71. The molecule has 66 valence electrons. The molecule has 0 amide bonds. The lowest BCUT2D eigenvalue weighted by atomic mass is 10.1. The van der Waals surface area contributed by atoms with Crippen molar-refractivity contribution >= 4 is 0 Å². The molecule has 4 fully saturated rings. The van der Waals surface area contributed by atoms with Crippen LogP contribution >= 0.6 is 0 Å². The SMILES string of the molecule is C1CC1[C@H]1C[C@@H]1[C@@H]1C[C@H]1C1CC1. The number of hydrogen-bond donors (Lipinski definition) is 0. The molecule has 4 aliphatic rings. The summed E-state index contributed by atoms with van der Waals surface area (Å²) < 4.78 is 0. The number of hydrogen-bond acceptors (Lipinski definition) is 0. The maximum Gasteiger partial charge on any atom is -0.0349 e. The van der Waals surface area contributed by atoms with Crippen LogP contribution in [0.15, 0.2) is 0 Å². The highest BCUT2D eigenvalue weighted by molar-refractivity contribution is 5.09. The molecule has 4 saturated carbocycles. The average molecular weight is 162 g/mol. The first-order chi connectivity index (χ1) is 5.93. The van der Waals surface area contributed by atoms with Crippen molar-refractivity contribution in [2.24, 2.45) is 35.5 Å². The van der Waals surface area contributed by atoms with Crippen molar-refractivity contribution in [2.75, 3.05) is 0 Å². The molecule has 0 radical (unpaired) electrons. The van der Waals surface area contributed by atoms with Gasteiger partial charge in [-0.1, -0.05) is 0 Å². The molecule has 0 nitrogen and oxygen atoms in total. The van der Waals surface area contributed by atoms with E-state index in [1.54, 1.807) is 38.5 Å². The van der Waals surface area contributed by atoms with E-state index in [1.807, 2.05) is 0 Å². The first-order valence-corrected chi connectivity index (χ1v) is 5.93. The molecule has 0 aromatic heterocycles. The van der Waals surface area contributed by atoms with Crippen molar-refractivity contribution < 1.29 is 0 Å². The summed E-state index contributed by atoms with van der Waals surface area (Å²) in [4.78, 5) is 0. The van der Waals surface area contributed by atoms with Crippen LogP contribution in [0.1, 0.15) is 38.5 Å². The maximum atomic E-state index is 1.64. The van der Waals surface area contributed by atoms with Gasteiger partial charge in [-0.15, -0.1) is 0 Å². The summed E-state index contributed by atoms with van der Waals surface area (Å²) in [5, 5.41) is 0. The van der Waals surface area contributed by atoms with E-state index in [4.69, 9.17) is 0 Å². The monoisotopic (exact) mass is 162 g/mol. The van der Waals surface area contributed by atoms with Crippen LogP contribution in [0.5, 0.6) is 0 Å². The third-order valence-electron chi connectivity index (χ3n) is 4.79. The van der Waals surface area contributed by atoms with Crippen LogP contribution in [0.3, 0.4) is 0 Å². The van der Waals surface area contributed by atoms with Gasteiger partial charge in [0.15, 0.2) is 0 Å². The molecule has 0 aromatic carbocycles. The lowest BCUT2D eigenvalue weighted by Crippen LogP contribution is -1.91. The molecule has 0 heteroatoms. The van der Waals surface area contributed by atoms with E-state index in [9.17, 15) is 0 Å². The van der Waals surface area contributed by atoms with E-state index in [0.717, 1.165) is 0 Å². The third kappa shape index (κ3) is 0.900. The molecule has 4 rings (SSSR count). The van der Waals surface area contributed by atoms with Gasteiger partial charge < -0.3 is 0 Å². The largest absolute Gasteiger partial charge is 0.0499 e. The van der Waals surface area contributed by atoms with Crippen molar-refractivity contribution in [1.29, 1.82) is 0 Å². The summed E-state index contributed by atoms with van der Waals surface area (Å²) in [6.07, 6.45) is 9.62. The van der Waals surface area contributed by atoms with Gasteiger partial charge in [-0.3, -0.25) is 0 Å². The molecule has 0 bridgehead atoms. The van der Waals surface area contributed by atoms with Gasteiger partial charge in [0.25, 0.3) is 0 Å². The second kappa shape index (κ2) is 1.91. The minimum atomic E-state index is 1.22. The van der Waals surface area contributed by atoms with Crippen molar-refractivity contribution in [1.82, 2.24) is 0 Å².